The Morgan fingerprint density at radius 2 is 1.89 bits per heavy atom. The molecule has 0 aliphatic rings. The molecule has 1 aromatic carbocycles. The molecule has 0 amide bonds. The van der Waals surface area contributed by atoms with Gasteiger partial charge in [0.05, 0.1) is 6.54 Å². The van der Waals surface area contributed by atoms with E-state index in [4.69, 9.17) is 0 Å². The maximum atomic E-state index is 3.45. The first-order valence-electron chi connectivity index (χ1n) is 6.64. The molecule has 2 heteroatoms. The van der Waals surface area contributed by atoms with Gasteiger partial charge >= 0.3 is 0 Å². The third kappa shape index (κ3) is 2.95. The molecule has 96 valence electrons. The van der Waals surface area contributed by atoms with Gasteiger partial charge in [-0.05, 0) is 42.2 Å². The number of rotatable bonds is 5. The quantitative estimate of drug-likeness (QED) is 0.833. The fourth-order valence-corrected chi connectivity index (χ4v) is 2.04. The molecule has 0 saturated heterocycles. The minimum atomic E-state index is 0.645. The predicted octanol–water partition coefficient (Wildman–Crippen LogP) is 4.15. The van der Waals surface area contributed by atoms with Crippen LogP contribution < -0.4 is 5.32 Å². The molecule has 1 unspecified atom stereocenters. The molecule has 0 saturated carbocycles. The number of nitrogens with one attached hydrogen (secondary N) is 1. The number of aromatic nitrogens is 1. The smallest absolute Gasteiger partial charge is 0.0553 e. The first-order valence-corrected chi connectivity index (χ1v) is 6.64. The summed E-state index contributed by atoms with van der Waals surface area (Å²) in [6, 6.07) is 13.0. The van der Waals surface area contributed by atoms with Gasteiger partial charge in [0.15, 0.2) is 0 Å². The fourth-order valence-electron chi connectivity index (χ4n) is 2.04. The Balaban J connectivity index is 1.96. The first-order chi connectivity index (χ1) is 8.70. The van der Waals surface area contributed by atoms with Gasteiger partial charge in [-0.3, -0.25) is 0 Å². The number of benzene rings is 1. The van der Waals surface area contributed by atoms with Crippen LogP contribution in [-0.4, -0.2) is 4.57 Å². The lowest BCUT2D eigenvalue weighted by atomic mass is 9.99. The molecule has 0 aliphatic carbocycles. The van der Waals surface area contributed by atoms with Crippen molar-refractivity contribution in [1.82, 2.24) is 4.57 Å². The van der Waals surface area contributed by atoms with Crippen molar-refractivity contribution in [3.05, 3.63) is 53.9 Å². The minimum absolute atomic E-state index is 0.645. The van der Waals surface area contributed by atoms with E-state index in [1.807, 2.05) is 0 Å². The molecule has 1 aromatic heterocycles. The summed E-state index contributed by atoms with van der Waals surface area (Å²) < 4.78 is 2.14. The van der Waals surface area contributed by atoms with Crippen LogP contribution in [0.3, 0.4) is 0 Å². The lowest BCUT2D eigenvalue weighted by molar-refractivity contribution is 0.733. The normalized spacial score (nSPS) is 12.4. The highest BCUT2D eigenvalue weighted by molar-refractivity contribution is 5.45. The maximum absolute atomic E-state index is 3.45. The Morgan fingerprint density at radius 3 is 2.44 bits per heavy atom. The Labute approximate surface area is 110 Å². The highest BCUT2D eigenvalue weighted by Crippen LogP contribution is 2.20. The third-order valence-electron chi connectivity index (χ3n) is 3.62. The Hall–Kier alpha value is -1.70. The molecule has 2 aromatic rings. The molecule has 0 fully saturated rings. The Morgan fingerprint density at radius 1 is 1.17 bits per heavy atom. The summed E-state index contributed by atoms with van der Waals surface area (Å²) in [6.07, 6.45) is 3.26. The summed E-state index contributed by atoms with van der Waals surface area (Å²) in [5.74, 6) is 0.645. The van der Waals surface area contributed by atoms with Gasteiger partial charge in [-0.15, -0.1) is 0 Å². The Bertz CT molecular complexity index is 482. The second-order valence-electron chi connectivity index (χ2n) is 4.90. The number of aryl methyl sites for hydroxylation is 1. The van der Waals surface area contributed by atoms with E-state index in [-0.39, 0.29) is 0 Å². The van der Waals surface area contributed by atoms with Crippen LogP contribution in [0.2, 0.25) is 0 Å². The van der Waals surface area contributed by atoms with Crippen LogP contribution in [0.1, 0.15) is 37.4 Å². The van der Waals surface area contributed by atoms with Crippen molar-refractivity contribution in [3.63, 3.8) is 0 Å². The first kappa shape index (κ1) is 12.7. The summed E-state index contributed by atoms with van der Waals surface area (Å²) in [7, 11) is 2.07. The minimum Gasteiger partial charge on any atom is -0.379 e. The summed E-state index contributed by atoms with van der Waals surface area (Å²) in [4.78, 5) is 0. The van der Waals surface area contributed by atoms with Gasteiger partial charge in [-0.25, -0.2) is 0 Å². The van der Waals surface area contributed by atoms with E-state index >= 15 is 0 Å². The Kier molecular flexibility index (Phi) is 4.08. The van der Waals surface area contributed by atoms with E-state index in [1.54, 1.807) is 0 Å². The monoisotopic (exact) mass is 242 g/mol. The lowest BCUT2D eigenvalue weighted by Gasteiger charge is -2.11. The SMILES string of the molecule is CCC(C)c1ccc(NCc2cccn2C)cc1. The summed E-state index contributed by atoms with van der Waals surface area (Å²) in [5, 5.41) is 3.45. The zero-order chi connectivity index (χ0) is 13.0. The van der Waals surface area contributed by atoms with E-state index in [0.29, 0.717) is 5.92 Å². The predicted molar refractivity (Wildman–Crippen MR) is 77.9 cm³/mol. The molecular weight excluding hydrogens is 220 g/mol. The number of hydrogen-bond acceptors (Lipinski definition) is 1. The molecule has 2 nitrogen and oxygen atoms in total. The van der Waals surface area contributed by atoms with Crippen molar-refractivity contribution in [2.75, 3.05) is 5.32 Å². The van der Waals surface area contributed by atoms with Gasteiger partial charge in [-0.1, -0.05) is 26.0 Å². The zero-order valence-corrected chi connectivity index (χ0v) is 11.5. The number of anilines is 1. The molecule has 0 bridgehead atoms. The molecule has 1 heterocycles. The van der Waals surface area contributed by atoms with Crippen LogP contribution in [0, 0.1) is 0 Å². The van der Waals surface area contributed by atoms with E-state index in [9.17, 15) is 0 Å². The molecule has 0 radical (unpaired) electrons. The molecule has 0 spiro atoms. The van der Waals surface area contributed by atoms with Gasteiger partial charge in [-0.2, -0.15) is 0 Å². The highest BCUT2D eigenvalue weighted by Gasteiger charge is 2.02. The van der Waals surface area contributed by atoms with E-state index in [0.717, 1.165) is 6.54 Å². The van der Waals surface area contributed by atoms with E-state index in [1.165, 1.54) is 23.4 Å². The molecule has 18 heavy (non-hydrogen) atoms. The van der Waals surface area contributed by atoms with Crippen molar-refractivity contribution in [3.8, 4) is 0 Å². The van der Waals surface area contributed by atoms with Gasteiger partial charge in [0.1, 0.15) is 0 Å². The van der Waals surface area contributed by atoms with Crippen molar-refractivity contribution in [2.24, 2.45) is 7.05 Å². The average molecular weight is 242 g/mol. The number of nitrogens with zero attached hydrogens (tertiary/aromatic N) is 1. The summed E-state index contributed by atoms with van der Waals surface area (Å²) in [6.45, 7) is 5.37. The highest BCUT2D eigenvalue weighted by atomic mass is 15.0. The van der Waals surface area contributed by atoms with E-state index < -0.39 is 0 Å². The van der Waals surface area contributed by atoms with Gasteiger partial charge in [0.2, 0.25) is 0 Å². The third-order valence-corrected chi connectivity index (χ3v) is 3.62. The molecule has 0 aliphatic heterocycles. The van der Waals surface area contributed by atoms with Crippen LogP contribution in [0.25, 0.3) is 0 Å². The van der Waals surface area contributed by atoms with Crippen LogP contribution in [0.4, 0.5) is 5.69 Å². The summed E-state index contributed by atoms with van der Waals surface area (Å²) >= 11 is 0. The van der Waals surface area contributed by atoms with Crippen LogP contribution >= 0.6 is 0 Å². The second kappa shape index (κ2) is 5.76. The standard InChI is InChI=1S/C16H22N2/c1-4-13(2)14-7-9-15(10-8-14)17-12-16-6-5-11-18(16)3/h5-11,13,17H,4,12H2,1-3H3. The van der Waals surface area contributed by atoms with Crippen molar-refractivity contribution < 1.29 is 0 Å². The van der Waals surface area contributed by atoms with Crippen LogP contribution in [0.5, 0.6) is 0 Å². The number of hydrogen-bond donors (Lipinski definition) is 1. The van der Waals surface area contributed by atoms with Gasteiger partial charge in [0, 0.05) is 24.6 Å². The van der Waals surface area contributed by atoms with Crippen molar-refractivity contribution >= 4 is 5.69 Å². The topological polar surface area (TPSA) is 17.0 Å². The van der Waals surface area contributed by atoms with Crippen LogP contribution in [0.15, 0.2) is 42.6 Å². The van der Waals surface area contributed by atoms with Crippen molar-refractivity contribution in [2.45, 2.75) is 32.7 Å². The van der Waals surface area contributed by atoms with Gasteiger partial charge in [0.25, 0.3) is 0 Å². The fraction of sp³-hybridized carbons (Fsp3) is 0.375. The molecule has 1 N–H and O–H groups in total. The van der Waals surface area contributed by atoms with Gasteiger partial charge < -0.3 is 9.88 Å². The summed E-state index contributed by atoms with van der Waals surface area (Å²) in [5.41, 5.74) is 3.89. The molecule has 2 rings (SSSR count). The van der Waals surface area contributed by atoms with E-state index in [2.05, 4.69) is 73.4 Å². The van der Waals surface area contributed by atoms with Crippen molar-refractivity contribution in [1.29, 1.82) is 0 Å². The van der Waals surface area contributed by atoms with Crippen LogP contribution in [-0.2, 0) is 13.6 Å². The second-order valence-corrected chi connectivity index (χ2v) is 4.90. The molecule has 1 atom stereocenters. The lowest BCUT2D eigenvalue weighted by Crippen LogP contribution is -2.04. The zero-order valence-electron chi connectivity index (χ0n) is 11.5. The largest absolute Gasteiger partial charge is 0.379 e. The maximum Gasteiger partial charge on any atom is 0.0553 e. The average Bonchev–Trinajstić information content (AvgIpc) is 2.81. The molecular formula is C16H22N2.